The van der Waals surface area contributed by atoms with Crippen LogP contribution in [-0.2, 0) is 4.74 Å². The van der Waals surface area contributed by atoms with E-state index in [4.69, 9.17) is 14.5 Å². The van der Waals surface area contributed by atoms with Crippen molar-refractivity contribution in [3.63, 3.8) is 0 Å². The van der Waals surface area contributed by atoms with Gasteiger partial charge in [0.05, 0.1) is 12.4 Å². The highest BCUT2D eigenvalue weighted by Gasteiger charge is 2.20. The molecule has 1 saturated heterocycles. The molecule has 0 aliphatic carbocycles. The number of benzene rings is 2. The number of ether oxygens (including phenoxy) is 2. The van der Waals surface area contributed by atoms with E-state index in [9.17, 15) is 0 Å². The van der Waals surface area contributed by atoms with Gasteiger partial charge in [0.2, 0.25) is 5.88 Å². The largest absolute Gasteiger partial charge is 0.478 e. The predicted octanol–water partition coefficient (Wildman–Crippen LogP) is 6.46. The van der Waals surface area contributed by atoms with Crippen LogP contribution in [0.15, 0.2) is 85.3 Å². The number of hydrogen-bond acceptors (Lipinski definition) is 6. The van der Waals surface area contributed by atoms with Gasteiger partial charge in [0, 0.05) is 61.0 Å². The van der Waals surface area contributed by atoms with Crippen molar-refractivity contribution in [1.29, 1.82) is 0 Å². The number of piperazine rings is 1. The summed E-state index contributed by atoms with van der Waals surface area (Å²) in [7, 11) is 0. The molecule has 0 radical (unpaired) electrons. The first-order valence-electron chi connectivity index (χ1n) is 13.7. The van der Waals surface area contributed by atoms with Crippen LogP contribution in [0.2, 0.25) is 0 Å². The van der Waals surface area contributed by atoms with Crippen LogP contribution in [0.3, 0.4) is 0 Å². The summed E-state index contributed by atoms with van der Waals surface area (Å²) in [6, 6.07) is 19.3. The summed E-state index contributed by atoms with van der Waals surface area (Å²) in [6.45, 7) is 16.5. The zero-order valence-corrected chi connectivity index (χ0v) is 22.4. The molecular formula is C32H38N4O2. The highest BCUT2D eigenvalue weighted by molar-refractivity contribution is 5.94. The molecule has 1 fully saturated rings. The predicted molar refractivity (Wildman–Crippen MR) is 158 cm³/mol. The molecule has 0 N–H and O–H groups in total. The summed E-state index contributed by atoms with van der Waals surface area (Å²) in [4.78, 5) is 11.8. The first kappa shape index (κ1) is 25.9. The molecule has 0 amide bonds. The Bertz CT molecular complexity index is 1300. The molecule has 0 spiro atoms. The number of aromatic nitrogens is 1. The second-order valence-corrected chi connectivity index (χ2v) is 9.86. The number of fused-ring (bicyclic) bond motifs is 2. The lowest BCUT2D eigenvalue weighted by atomic mass is 10.1. The van der Waals surface area contributed by atoms with Crippen molar-refractivity contribution in [2.45, 2.75) is 26.2 Å². The Balaban J connectivity index is 1.06. The van der Waals surface area contributed by atoms with Gasteiger partial charge in [0.15, 0.2) is 6.73 Å². The molecule has 6 heteroatoms. The third-order valence-corrected chi connectivity index (χ3v) is 7.33. The first-order valence-corrected chi connectivity index (χ1v) is 13.7. The Labute approximate surface area is 226 Å². The Morgan fingerprint density at radius 2 is 1.76 bits per heavy atom. The SMILES string of the molecule is C=C(CC)OCN1C(=C)C=Cc2ccc(OCCCCN3CCN(c4cccc5ccccc45)CC3)nc21. The zero-order chi connectivity index (χ0) is 26.3. The maximum absolute atomic E-state index is 6.03. The highest BCUT2D eigenvalue weighted by atomic mass is 16.5. The van der Waals surface area contributed by atoms with E-state index in [0.717, 1.165) is 74.8 Å². The van der Waals surface area contributed by atoms with Gasteiger partial charge in [0.25, 0.3) is 0 Å². The summed E-state index contributed by atoms with van der Waals surface area (Å²) in [5.41, 5.74) is 3.22. The van der Waals surface area contributed by atoms with Crippen molar-refractivity contribution in [2.24, 2.45) is 0 Å². The monoisotopic (exact) mass is 510 g/mol. The standard InChI is InChI=1S/C32H38N4O2/c1-4-26(3)38-24-36-25(2)14-15-28-16-17-31(33-32(28)36)37-23-8-7-18-34-19-21-35(22-20-34)30-13-9-11-27-10-5-6-12-29(27)30/h5-6,9-17H,2-4,7-8,18-24H2,1H3. The Morgan fingerprint density at radius 3 is 2.61 bits per heavy atom. The van der Waals surface area contributed by atoms with Crippen LogP contribution in [0.4, 0.5) is 11.5 Å². The van der Waals surface area contributed by atoms with Gasteiger partial charge in [-0.05, 0) is 49.1 Å². The number of allylic oxidation sites excluding steroid dienone is 2. The Hall–Kier alpha value is -3.77. The number of nitrogens with zero attached hydrogens (tertiary/aromatic N) is 4. The van der Waals surface area contributed by atoms with Crippen molar-refractivity contribution in [2.75, 3.05) is 55.9 Å². The van der Waals surface area contributed by atoms with Crippen LogP contribution in [0.5, 0.6) is 5.88 Å². The normalized spacial score (nSPS) is 15.6. The molecule has 38 heavy (non-hydrogen) atoms. The van der Waals surface area contributed by atoms with Crippen LogP contribution in [0.1, 0.15) is 31.7 Å². The minimum absolute atomic E-state index is 0.340. The maximum Gasteiger partial charge on any atom is 0.215 e. The zero-order valence-electron chi connectivity index (χ0n) is 22.4. The quantitative estimate of drug-likeness (QED) is 0.218. The Kier molecular flexibility index (Phi) is 8.29. The van der Waals surface area contributed by atoms with E-state index in [2.05, 4.69) is 65.4 Å². The van der Waals surface area contributed by atoms with Gasteiger partial charge < -0.3 is 14.4 Å². The summed E-state index contributed by atoms with van der Waals surface area (Å²) in [5, 5.41) is 2.66. The van der Waals surface area contributed by atoms with Crippen LogP contribution < -0.4 is 14.5 Å². The van der Waals surface area contributed by atoms with Crippen molar-refractivity contribution >= 4 is 28.4 Å². The molecule has 5 rings (SSSR count). The van der Waals surface area contributed by atoms with Gasteiger partial charge in [-0.25, -0.2) is 0 Å². The first-order chi connectivity index (χ1) is 18.6. The minimum Gasteiger partial charge on any atom is -0.478 e. The molecular weight excluding hydrogens is 472 g/mol. The van der Waals surface area contributed by atoms with Crippen molar-refractivity contribution in [1.82, 2.24) is 9.88 Å². The summed E-state index contributed by atoms with van der Waals surface area (Å²) in [5.74, 6) is 2.19. The molecule has 198 valence electrons. The van der Waals surface area contributed by atoms with E-state index >= 15 is 0 Å². The van der Waals surface area contributed by atoms with E-state index in [1.807, 2.05) is 36.1 Å². The van der Waals surface area contributed by atoms with Gasteiger partial charge in [-0.2, -0.15) is 4.98 Å². The number of anilines is 2. The number of unbranched alkanes of at least 4 members (excludes halogenated alkanes) is 1. The lowest BCUT2D eigenvalue weighted by Gasteiger charge is -2.36. The van der Waals surface area contributed by atoms with Gasteiger partial charge in [-0.3, -0.25) is 9.80 Å². The minimum atomic E-state index is 0.340. The third-order valence-electron chi connectivity index (χ3n) is 7.33. The highest BCUT2D eigenvalue weighted by Crippen LogP contribution is 2.31. The average molecular weight is 511 g/mol. The molecule has 2 aliphatic heterocycles. The van der Waals surface area contributed by atoms with Gasteiger partial charge in [0.1, 0.15) is 5.82 Å². The fourth-order valence-corrected chi connectivity index (χ4v) is 4.99. The van der Waals surface area contributed by atoms with Crippen molar-refractivity contribution in [3.8, 4) is 5.88 Å². The number of pyridine rings is 1. The molecule has 3 heterocycles. The molecule has 6 nitrogen and oxygen atoms in total. The van der Waals surface area contributed by atoms with Crippen LogP contribution in [-0.4, -0.2) is 55.9 Å². The van der Waals surface area contributed by atoms with Crippen molar-refractivity contribution < 1.29 is 9.47 Å². The fraction of sp³-hybridized carbons (Fsp3) is 0.344. The van der Waals surface area contributed by atoms with Crippen LogP contribution >= 0.6 is 0 Å². The lowest BCUT2D eigenvalue weighted by Crippen LogP contribution is -2.46. The van der Waals surface area contributed by atoms with Gasteiger partial charge >= 0.3 is 0 Å². The fourth-order valence-electron chi connectivity index (χ4n) is 4.99. The second kappa shape index (κ2) is 12.2. The molecule has 0 atom stereocenters. The molecule has 2 aliphatic rings. The topological polar surface area (TPSA) is 41.1 Å². The Morgan fingerprint density at radius 1 is 0.947 bits per heavy atom. The summed E-state index contributed by atoms with van der Waals surface area (Å²) >= 11 is 0. The molecule has 0 unspecified atom stereocenters. The molecule has 0 saturated carbocycles. The third kappa shape index (κ3) is 6.03. The number of rotatable bonds is 11. The smallest absolute Gasteiger partial charge is 0.215 e. The molecule has 3 aromatic rings. The van der Waals surface area contributed by atoms with Gasteiger partial charge in [-0.15, -0.1) is 0 Å². The van der Waals surface area contributed by atoms with E-state index in [1.54, 1.807) is 0 Å². The second-order valence-electron chi connectivity index (χ2n) is 9.86. The van der Waals surface area contributed by atoms with Gasteiger partial charge in [-0.1, -0.05) is 56.5 Å². The summed E-state index contributed by atoms with van der Waals surface area (Å²) in [6.07, 6.45) is 6.89. The van der Waals surface area contributed by atoms with E-state index in [-0.39, 0.29) is 0 Å². The molecule has 2 aromatic carbocycles. The maximum atomic E-state index is 6.03. The van der Waals surface area contributed by atoms with E-state index < -0.39 is 0 Å². The van der Waals surface area contributed by atoms with E-state index in [0.29, 0.717) is 19.2 Å². The van der Waals surface area contributed by atoms with Crippen LogP contribution in [0, 0.1) is 0 Å². The summed E-state index contributed by atoms with van der Waals surface area (Å²) < 4.78 is 11.8. The number of hydrogen-bond donors (Lipinski definition) is 0. The molecule has 0 bridgehead atoms. The molecule has 1 aromatic heterocycles. The van der Waals surface area contributed by atoms with Crippen LogP contribution in [0.25, 0.3) is 16.8 Å². The van der Waals surface area contributed by atoms with Crippen molar-refractivity contribution in [3.05, 3.63) is 90.9 Å². The van der Waals surface area contributed by atoms with E-state index in [1.165, 1.54) is 16.5 Å². The lowest BCUT2D eigenvalue weighted by molar-refractivity contribution is 0.210. The average Bonchev–Trinajstić information content (AvgIpc) is 2.96.